The van der Waals surface area contributed by atoms with E-state index in [0.717, 1.165) is 29.7 Å². The van der Waals surface area contributed by atoms with Crippen molar-refractivity contribution >= 4 is 17.5 Å². The topological polar surface area (TPSA) is 81.2 Å². The van der Waals surface area contributed by atoms with Crippen LogP contribution in [0.3, 0.4) is 0 Å². The van der Waals surface area contributed by atoms with Crippen LogP contribution in [0.5, 0.6) is 0 Å². The van der Waals surface area contributed by atoms with E-state index in [4.69, 9.17) is 5.73 Å². The maximum atomic E-state index is 13.1. The van der Waals surface area contributed by atoms with Crippen LogP contribution in [-0.2, 0) is 13.0 Å². The number of carbonyl (C=O) groups is 2. The van der Waals surface area contributed by atoms with E-state index in [1.54, 1.807) is 23.2 Å². The maximum absolute atomic E-state index is 13.1. The summed E-state index contributed by atoms with van der Waals surface area (Å²) in [6, 6.07) is 14.8. The van der Waals surface area contributed by atoms with Crippen molar-refractivity contribution in [1.82, 2.24) is 9.78 Å². The number of nitrogens with zero attached hydrogens (tertiary/aromatic N) is 3. The van der Waals surface area contributed by atoms with Gasteiger partial charge >= 0.3 is 0 Å². The quantitative estimate of drug-likeness (QED) is 0.776. The molecule has 2 N–H and O–H groups in total. The molecule has 0 saturated carbocycles. The normalized spacial score (nSPS) is 13.3. The Kier molecular flexibility index (Phi) is 4.46. The van der Waals surface area contributed by atoms with Gasteiger partial charge in [-0.1, -0.05) is 18.2 Å². The monoisotopic (exact) mass is 360 g/mol. The lowest BCUT2D eigenvalue weighted by atomic mass is 9.95. The molecule has 0 radical (unpaired) electrons. The summed E-state index contributed by atoms with van der Waals surface area (Å²) < 4.78 is 1.84. The van der Waals surface area contributed by atoms with Gasteiger partial charge in [0.25, 0.3) is 5.91 Å². The third-order valence-corrected chi connectivity index (χ3v) is 4.87. The summed E-state index contributed by atoms with van der Waals surface area (Å²) in [7, 11) is 0. The Morgan fingerprint density at radius 3 is 2.59 bits per heavy atom. The molecule has 0 aliphatic carbocycles. The van der Waals surface area contributed by atoms with Gasteiger partial charge in [0.2, 0.25) is 5.91 Å². The van der Waals surface area contributed by atoms with Crippen molar-refractivity contribution in [3.8, 4) is 0 Å². The van der Waals surface area contributed by atoms with E-state index in [2.05, 4.69) is 5.10 Å². The van der Waals surface area contributed by atoms with Crippen LogP contribution < -0.4 is 10.6 Å². The molecule has 6 heteroatoms. The Hall–Kier alpha value is -3.41. The summed E-state index contributed by atoms with van der Waals surface area (Å²) in [4.78, 5) is 26.5. The first kappa shape index (κ1) is 17.0. The van der Waals surface area contributed by atoms with E-state index in [9.17, 15) is 9.59 Å². The first-order valence-electron chi connectivity index (χ1n) is 8.93. The second kappa shape index (κ2) is 7.07. The van der Waals surface area contributed by atoms with Crippen LogP contribution in [0, 0.1) is 0 Å². The first-order chi connectivity index (χ1) is 13.1. The highest BCUT2D eigenvalue weighted by Crippen LogP contribution is 2.31. The number of rotatable bonds is 4. The van der Waals surface area contributed by atoms with E-state index in [1.807, 2.05) is 47.3 Å². The largest absolute Gasteiger partial charge is 0.366 e. The third kappa shape index (κ3) is 3.33. The van der Waals surface area contributed by atoms with Gasteiger partial charge in [0.1, 0.15) is 0 Å². The minimum absolute atomic E-state index is 0.0665. The van der Waals surface area contributed by atoms with E-state index >= 15 is 0 Å². The van der Waals surface area contributed by atoms with E-state index < -0.39 is 5.91 Å². The minimum Gasteiger partial charge on any atom is -0.366 e. The Morgan fingerprint density at radius 2 is 1.89 bits per heavy atom. The zero-order chi connectivity index (χ0) is 18.8. The fourth-order valence-electron chi connectivity index (χ4n) is 3.56. The third-order valence-electron chi connectivity index (χ3n) is 4.87. The highest BCUT2D eigenvalue weighted by Gasteiger charge is 2.26. The Balaban J connectivity index is 1.59. The highest BCUT2D eigenvalue weighted by molar-refractivity contribution is 6.08. The van der Waals surface area contributed by atoms with Crippen LogP contribution >= 0.6 is 0 Å². The van der Waals surface area contributed by atoms with Crippen LogP contribution in [-0.4, -0.2) is 28.1 Å². The Labute approximate surface area is 157 Å². The number of hydrogen-bond donors (Lipinski definition) is 1. The molecular formula is C21H20N4O2. The number of anilines is 1. The number of primary amides is 1. The molecule has 1 aromatic heterocycles. The van der Waals surface area contributed by atoms with Crippen LogP contribution in [0.15, 0.2) is 60.9 Å². The molecule has 2 aromatic carbocycles. The minimum atomic E-state index is -0.455. The van der Waals surface area contributed by atoms with E-state index in [1.165, 1.54) is 0 Å². The number of nitrogens with two attached hydrogens (primary N) is 1. The molecule has 0 bridgehead atoms. The van der Waals surface area contributed by atoms with Gasteiger partial charge in [-0.25, -0.2) is 0 Å². The van der Waals surface area contributed by atoms with Gasteiger partial charge in [-0.05, 0) is 54.3 Å². The molecule has 0 unspecified atom stereocenters. The molecule has 2 heterocycles. The highest BCUT2D eigenvalue weighted by atomic mass is 16.2. The van der Waals surface area contributed by atoms with Gasteiger partial charge < -0.3 is 10.6 Å². The average molecular weight is 360 g/mol. The maximum Gasteiger partial charge on any atom is 0.258 e. The summed E-state index contributed by atoms with van der Waals surface area (Å²) in [6.07, 6.45) is 5.20. The Morgan fingerprint density at radius 1 is 1.07 bits per heavy atom. The average Bonchev–Trinajstić information content (AvgIpc) is 3.20. The lowest BCUT2D eigenvalue weighted by Gasteiger charge is -2.30. The second-order valence-corrected chi connectivity index (χ2v) is 6.63. The molecule has 6 nitrogen and oxygen atoms in total. The van der Waals surface area contributed by atoms with Gasteiger partial charge in [-0.15, -0.1) is 0 Å². The molecule has 27 heavy (non-hydrogen) atoms. The summed E-state index contributed by atoms with van der Waals surface area (Å²) >= 11 is 0. The predicted octanol–water partition coefficient (Wildman–Crippen LogP) is 2.62. The summed E-state index contributed by atoms with van der Waals surface area (Å²) in [6.45, 7) is 1.29. The molecule has 2 amide bonds. The number of aromatic nitrogens is 2. The number of fused-ring (bicyclic) bond motifs is 1. The molecule has 136 valence electrons. The lowest BCUT2D eigenvalue weighted by molar-refractivity contribution is 0.0977. The van der Waals surface area contributed by atoms with Crippen molar-refractivity contribution in [3.63, 3.8) is 0 Å². The molecule has 0 fully saturated rings. The van der Waals surface area contributed by atoms with Crippen LogP contribution in [0.1, 0.15) is 38.3 Å². The smallest absolute Gasteiger partial charge is 0.258 e. The molecular weight excluding hydrogens is 340 g/mol. The van der Waals surface area contributed by atoms with Gasteiger partial charge in [0.05, 0.1) is 6.54 Å². The zero-order valence-corrected chi connectivity index (χ0v) is 14.8. The molecule has 1 aliphatic rings. The van der Waals surface area contributed by atoms with Gasteiger partial charge in [0.15, 0.2) is 0 Å². The standard InChI is InChI=1S/C21H20N4O2/c22-20(26)18-4-1-6-19-17(18)5-2-13-25(19)21(27)16-9-7-15(8-10-16)14-24-12-3-11-23-24/h1,3-4,6-12H,2,5,13-14H2,(H2,22,26). The van der Waals surface area contributed by atoms with Crippen molar-refractivity contribution in [2.75, 3.05) is 11.4 Å². The number of carbonyl (C=O) groups excluding carboxylic acids is 2. The van der Waals surface area contributed by atoms with Crippen LogP contribution in [0.2, 0.25) is 0 Å². The second-order valence-electron chi connectivity index (χ2n) is 6.63. The summed E-state index contributed by atoms with van der Waals surface area (Å²) in [5.41, 5.74) is 9.33. The predicted molar refractivity (Wildman–Crippen MR) is 103 cm³/mol. The first-order valence-corrected chi connectivity index (χ1v) is 8.93. The molecule has 0 saturated heterocycles. The van der Waals surface area contributed by atoms with Crippen LogP contribution in [0.25, 0.3) is 0 Å². The van der Waals surface area contributed by atoms with Gasteiger partial charge in [0, 0.05) is 35.8 Å². The van der Waals surface area contributed by atoms with Gasteiger partial charge in [-0.2, -0.15) is 5.10 Å². The summed E-state index contributed by atoms with van der Waals surface area (Å²) in [5, 5.41) is 4.19. The fourth-order valence-corrected chi connectivity index (χ4v) is 3.56. The van der Waals surface area contributed by atoms with Crippen molar-refractivity contribution in [3.05, 3.63) is 83.2 Å². The van der Waals surface area contributed by atoms with Crippen LogP contribution in [0.4, 0.5) is 5.69 Å². The molecule has 0 atom stereocenters. The molecule has 3 aromatic rings. The number of amides is 2. The molecule has 0 spiro atoms. The molecule has 4 rings (SSSR count). The Bertz CT molecular complexity index is 978. The summed E-state index contributed by atoms with van der Waals surface area (Å²) in [5.74, 6) is -0.521. The fraction of sp³-hybridized carbons (Fsp3) is 0.190. The van der Waals surface area contributed by atoms with E-state index in [0.29, 0.717) is 24.2 Å². The number of hydrogen-bond acceptors (Lipinski definition) is 3. The van der Waals surface area contributed by atoms with Crippen molar-refractivity contribution in [2.24, 2.45) is 5.73 Å². The number of benzene rings is 2. The molecule has 1 aliphatic heterocycles. The van der Waals surface area contributed by atoms with E-state index in [-0.39, 0.29) is 5.91 Å². The lowest BCUT2D eigenvalue weighted by Crippen LogP contribution is -2.36. The zero-order valence-electron chi connectivity index (χ0n) is 14.8. The van der Waals surface area contributed by atoms with Crippen molar-refractivity contribution < 1.29 is 9.59 Å². The van der Waals surface area contributed by atoms with Crippen molar-refractivity contribution in [1.29, 1.82) is 0 Å². The SMILES string of the molecule is NC(=O)c1cccc2c1CCCN2C(=O)c1ccc(Cn2cccn2)cc1. The van der Waals surface area contributed by atoms with Gasteiger partial charge in [-0.3, -0.25) is 14.3 Å². The van der Waals surface area contributed by atoms with Crippen molar-refractivity contribution in [2.45, 2.75) is 19.4 Å².